The van der Waals surface area contributed by atoms with Crippen LogP contribution >= 0.6 is 11.3 Å². The zero-order valence-electron chi connectivity index (χ0n) is 27.5. The van der Waals surface area contributed by atoms with Crippen LogP contribution < -0.4 is 10.6 Å². The van der Waals surface area contributed by atoms with Gasteiger partial charge in [0.15, 0.2) is 0 Å². The molecule has 2 aliphatic carbocycles. The summed E-state index contributed by atoms with van der Waals surface area (Å²) < 4.78 is 6.18. The average Bonchev–Trinajstić information content (AvgIpc) is 3.31. The van der Waals surface area contributed by atoms with Gasteiger partial charge in [0.05, 0.1) is 23.2 Å². The molecule has 5 rings (SSSR count). The molecule has 2 saturated carbocycles. The van der Waals surface area contributed by atoms with Gasteiger partial charge in [-0.25, -0.2) is 4.98 Å². The van der Waals surface area contributed by atoms with Crippen LogP contribution in [-0.4, -0.2) is 90.4 Å². The van der Waals surface area contributed by atoms with E-state index in [1.165, 1.54) is 30.6 Å². The molecule has 4 fully saturated rings. The van der Waals surface area contributed by atoms with Gasteiger partial charge in [-0.1, -0.05) is 53.9 Å². The second kappa shape index (κ2) is 12.3. The number of likely N-dealkylation sites (tertiary alicyclic amines) is 2. The quantitative estimate of drug-likeness (QED) is 0.431. The molecule has 0 unspecified atom stereocenters. The Morgan fingerprint density at radius 3 is 2.30 bits per heavy atom. The summed E-state index contributed by atoms with van der Waals surface area (Å²) in [6, 6.07) is -0.864. The SMILES string of the molecule is CNC(=O)[C@@H](NC(=O)[C@H]1CN(C(=O)c2scnc2C(C)(C)C)CC12CN(C(=O)[C@H]1CC1(C)C)C2)[C@@H](C)OCC1CCCCC1. The number of thiazole rings is 1. The lowest BCUT2D eigenvalue weighted by atomic mass is 9.70. The van der Waals surface area contributed by atoms with Gasteiger partial charge in [-0.15, -0.1) is 11.3 Å². The van der Waals surface area contributed by atoms with Crippen molar-refractivity contribution in [1.82, 2.24) is 25.4 Å². The lowest BCUT2D eigenvalue weighted by Gasteiger charge is -2.50. The van der Waals surface area contributed by atoms with Crippen LogP contribution in [0, 0.1) is 28.6 Å². The molecule has 10 nitrogen and oxygen atoms in total. The summed E-state index contributed by atoms with van der Waals surface area (Å²) in [5, 5.41) is 5.70. The van der Waals surface area contributed by atoms with Crippen LogP contribution in [0.5, 0.6) is 0 Å². The fourth-order valence-electron chi connectivity index (χ4n) is 7.40. The van der Waals surface area contributed by atoms with E-state index < -0.39 is 23.5 Å². The fourth-order valence-corrected chi connectivity index (χ4v) is 8.37. The number of aromatic nitrogens is 1. The number of nitrogens with zero attached hydrogens (tertiary/aromatic N) is 3. The molecular formula is C33H51N5O5S. The Balaban J connectivity index is 1.33. The molecule has 11 heteroatoms. The minimum Gasteiger partial charge on any atom is -0.376 e. The standard InChI is InChI=1S/C33H51N5O5S/c1-20(43-15-21-11-9-8-10-12-21)24(28(40)34-7)36-27(39)23-14-37(30(42)25-26(31(2,3)4)35-19-44-25)16-33(23)17-38(18-33)29(41)22-13-32(22,5)6/h19-24H,8-18H2,1-7H3,(H,34,40)(H,36,39)/t20-,22-,23-,24+/m1/s1. The Hall–Kier alpha value is -2.53. The average molecular weight is 630 g/mol. The number of carbonyl (C=O) groups is 4. The molecular weight excluding hydrogens is 578 g/mol. The largest absolute Gasteiger partial charge is 0.376 e. The monoisotopic (exact) mass is 629 g/mol. The Labute approximate surface area is 266 Å². The van der Waals surface area contributed by atoms with E-state index in [2.05, 4.69) is 29.5 Å². The van der Waals surface area contributed by atoms with Crippen LogP contribution in [0.2, 0.25) is 0 Å². The highest BCUT2D eigenvalue weighted by Gasteiger charge is 2.62. The molecule has 3 heterocycles. The second-order valence-corrected chi connectivity index (χ2v) is 16.3. The summed E-state index contributed by atoms with van der Waals surface area (Å²) in [6.45, 7) is 14.2. The van der Waals surface area contributed by atoms with Crippen LogP contribution in [0.15, 0.2) is 5.51 Å². The Kier molecular flexibility index (Phi) is 9.22. The van der Waals surface area contributed by atoms with Crippen LogP contribution in [0.3, 0.4) is 0 Å². The number of hydrogen-bond acceptors (Lipinski definition) is 7. The number of hydrogen-bond donors (Lipinski definition) is 2. The molecule has 0 bridgehead atoms. The third kappa shape index (κ3) is 6.55. The first-order chi connectivity index (χ1) is 20.7. The first-order valence-corrected chi connectivity index (χ1v) is 17.2. The molecule has 1 spiro atoms. The van der Waals surface area contributed by atoms with Gasteiger partial charge in [0, 0.05) is 56.6 Å². The van der Waals surface area contributed by atoms with E-state index in [0.29, 0.717) is 37.0 Å². The zero-order valence-corrected chi connectivity index (χ0v) is 28.3. The Bertz CT molecular complexity index is 1260. The third-order valence-electron chi connectivity index (χ3n) is 10.5. The summed E-state index contributed by atoms with van der Waals surface area (Å²) in [5.41, 5.74) is 1.59. The maximum Gasteiger partial charge on any atom is 0.265 e. The third-order valence-corrected chi connectivity index (χ3v) is 11.3. The summed E-state index contributed by atoms with van der Waals surface area (Å²) in [5.74, 6) is -0.660. The number of amides is 4. The van der Waals surface area contributed by atoms with Crippen molar-refractivity contribution in [3.8, 4) is 0 Å². The molecule has 2 saturated heterocycles. The van der Waals surface area contributed by atoms with E-state index in [1.807, 2.05) is 32.6 Å². The van der Waals surface area contributed by atoms with Gasteiger partial charge in [-0.2, -0.15) is 0 Å². The van der Waals surface area contributed by atoms with Crippen LogP contribution in [0.4, 0.5) is 0 Å². The number of carbonyl (C=O) groups excluding carboxylic acids is 4. The first-order valence-electron chi connectivity index (χ1n) is 16.3. The molecule has 2 aliphatic heterocycles. The first kappa shape index (κ1) is 32.9. The van der Waals surface area contributed by atoms with Crippen LogP contribution in [-0.2, 0) is 24.5 Å². The maximum atomic E-state index is 14.1. The van der Waals surface area contributed by atoms with Gasteiger partial charge in [-0.3, -0.25) is 19.2 Å². The predicted octanol–water partition coefficient (Wildman–Crippen LogP) is 3.60. The summed E-state index contributed by atoms with van der Waals surface area (Å²) in [7, 11) is 1.56. The molecule has 0 radical (unpaired) electrons. The summed E-state index contributed by atoms with van der Waals surface area (Å²) in [6.07, 6.45) is 6.27. The van der Waals surface area contributed by atoms with Crippen molar-refractivity contribution in [2.45, 2.75) is 97.6 Å². The minimum absolute atomic E-state index is 0.0117. The van der Waals surface area contributed by atoms with Crippen molar-refractivity contribution < 1.29 is 23.9 Å². The molecule has 0 aromatic carbocycles. The fraction of sp³-hybridized carbons (Fsp3) is 0.788. The lowest BCUT2D eigenvalue weighted by Crippen LogP contribution is -2.65. The van der Waals surface area contributed by atoms with Gasteiger partial charge < -0.3 is 25.2 Å². The number of likely N-dealkylation sites (N-methyl/N-ethyl adjacent to an activating group) is 1. The normalized spacial score (nSPS) is 25.7. The van der Waals surface area contributed by atoms with E-state index in [0.717, 1.165) is 25.0 Å². The molecule has 1 aromatic rings. The van der Waals surface area contributed by atoms with Gasteiger partial charge in [0.25, 0.3) is 5.91 Å². The van der Waals surface area contributed by atoms with Crippen molar-refractivity contribution >= 4 is 35.0 Å². The topological polar surface area (TPSA) is 121 Å². The number of ether oxygens (including phenoxy) is 1. The van der Waals surface area contributed by atoms with Gasteiger partial charge in [0.1, 0.15) is 10.9 Å². The lowest BCUT2D eigenvalue weighted by molar-refractivity contribution is -0.152. The van der Waals surface area contributed by atoms with E-state index in [1.54, 1.807) is 17.5 Å². The van der Waals surface area contributed by atoms with Crippen molar-refractivity contribution in [2.24, 2.45) is 28.6 Å². The van der Waals surface area contributed by atoms with E-state index in [9.17, 15) is 19.2 Å². The van der Waals surface area contributed by atoms with E-state index in [4.69, 9.17) is 4.74 Å². The minimum atomic E-state index is -0.864. The molecule has 2 N–H and O–H groups in total. The van der Waals surface area contributed by atoms with Crippen LogP contribution in [0.1, 0.15) is 95.4 Å². The van der Waals surface area contributed by atoms with Gasteiger partial charge >= 0.3 is 0 Å². The van der Waals surface area contributed by atoms with Crippen LogP contribution in [0.25, 0.3) is 0 Å². The van der Waals surface area contributed by atoms with Crippen molar-refractivity contribution in [2.75, 3.05) is 39.8 Å². The summed E-state index contributed by atoms with van der Waals surface area (Å²) in [4.78, 5) is 63.0. The molecule has 1 aromatic heterocycles. The van der Waals surface area contributed by atoms with Gasteiger partial charge in [-0.05, 0) is 37.5 Å². The highest BCUT2D eigenvalue weighted by Crippen LogP contribution is 2.54. The molecule has 4 amide bonds. The maximum absolute atomic E-state index is 14.1. The van der Waals surface area contributed by atoms with Crippen molar-refractivity contribution in [3.63, 3.8) is 0 Å². The Morgan fingerprint density at radius 2 is 1.70 bits per heavy atom. The zero-order chi connectivity index (χ0) is 32.0. The number of nitrogens with one attached hydrogen (secondary N) is 2. The molecule has 4 atom stereocenters. The Morgan fingerprint density at radius 1 is 1.07 bits per heavy atom. The van der Waals surface area contributed by atoms with Gasteiger partial charge in [0.2, 0.25) is 17.7 Å². The molecule has 44 heavy (non-hydrogen) atoms. The highest BCUT2D eigenvalue weighted by atomic mass is 32.1. The smallest absolute Gasteiger partial charge is 0.265 e. The highest BCUT2D eigenvalue weighted by molar-refractivity contribution is 7.11. The summed E-state index contributed by atoms with van der Waals surface area (Å²) >= 11 is 1.33. The van der Waals surface area contributed by atoms with E-state index in [-0.39, 0.29) is 46.9 Å². The van der Waals surface area contributed by atoms with Crippen molar-refractivity contribution in [3.05, 3.63) is 16.1 Å². The van der Waals surface area contributed by atoms with Crippen molar-refractivity contribution in [1.29, 1.82) is 0 Å². The second-order valence-electron chi connectivity index (χ2n) is 15.5. The number of rotatable bonds is 9. The molecule has 4 aliphatic rings. The predicted molar refractivity (Wildman–Crippen MR) is 169 cm³/mol. The van der Waals surface area contributed by atoms with E-state index >= 15 is 0 Å². The molecule has 244 valence electrons.